The molecule has 3 aromatic rings. The minimum Gasteiger partial charge on any atom is -0.493 e. The molecule has 1 aliphatic heterocycles. The Hall–Kier alpha value is -3.39. The molecule has 0 N–H and O–H groups in total. The van der Waals surface area contributed by atoms with Gasteiger partial charge in [0, 0.05) is 18.0 Å². The van der Waals surface area contributed by atoms with Crippen LogP contribution < -0.4 is 9.47 Å². The number of thiophene rings is 1. The van der Waals surface area contributed by atoms with Gasteiger partial charge in [-0.3, -0.25) is 9.59 Å². The molecule has 0 bridgehead atoms. The molecule has 2 amide bonds. The van der Waals surface area contributed by atoms with E-state index in [-0.39, 0.29) is 30.7 Å². The van der Waals surface area contributed by atoms with Crippen LogP contribution in [0, 0.1) is 11.7 Å². The highest BCUT2D eigenvalue weighted by molar-refractivity contribution is 7.10. The highest BCUT2D eigenvalue weighted by atomic mass is 32.1. The first-order chi connectivity index (χ1) is 17.5. The van der Waals surface area contributed by atoms with E-state index in [1.165, 1.54) is 21.9 Å². The lowest BCUT2D eigenvalue weighted by Gasteiger charge is -2.37. The molecular weight excluding hydrogens is 479 g/mol. The molecule has 1 fully saturated rings. The van der Waals surface area contributed by atoms with Crippen molar-refractivity contribution in [2.45, 2.75) is 25.3 Å². The predicted molar refractivity (Wildman–Crippen MR) is 136 cm³/mol. The number of amides is 2. The van der Waals surface area contributed by atoms with E-state index in [4.69, 9.17) is 9.47 Å². The molecule has 2 aliphatic rings. The SMILES string of the molecule is COc1ccccc1OC[C@@H]1c2ccsc2CCN1C(=O)CN(CC1CC1)C(=O)c1ccccc1F. The number of para-hydroxylation sites is 2. The third kappa shape index (κ3) is 5.23. The van der Waals surface area contributed by atoms with Gasteiger partial charge in [-0.25, -0.2) is 4.39 Å². The van der Waals surface area contributed by atoms with Gasteiger partial charge in [0.1, 0.15) is 19.0 Å². The van der Waals surface area contributed by atoms with Crippen LogP contribution in [0.2, 0.25) is 0 Å². The molecule has 5 rings (SSSR count). The molecule has 1 aliphatic carbocycles. The van der Waals surface area contributed by atoms with E-state index in [2.05, 4.69) is 0 Å². The summed E-state index contributed by atoms with van der Waals surface area (Å²) < 4.78 is 25.9. The van der Waals surface area contributed by atoms with E-state index in [1.54, 1.807) is 35.5 Å². The number of hydrogen-bond donors (Lipinski definition) is 0. The van der Waals surface area contributed by atoms with Crippen molar-refractivity contribution in [3.05, 3.63) is 81.8 Å². The van der Waals surface area contributed by atoms with Crippen LogP contribution in [0.3, 0.4) is 0 Å². The molecule has 188 valence electrons. The van der Waals surface area contributed by atoms with Crippen LogP contribution >= 0.6 is 11.3 Å². The minimum absolute atomic E-state index is 0.000714. The van der Waals surface area contributed by atoms with Crippen molar-refractivity contribution in [3.63, 3.8) is 0 Å². The summed E-state index contributed by atoms with van der Waals surface area (Å²) in [4.78, 5) is 31.5. The Morgan fingerprint density at radius 1 is 1.08 bits per heavy atom. The van der Waals surface area contributed by atoms with Crippen molar-refractivity contribution < 1.29 is 23.5 Å². The average Bonchev–Trinajstić information content (AvgIpc) is 3.59. The van der Waals surface area contributed by atoms with E-state index < -0.39 is 11.7 Å². The Bertz CT molecular complexity index is 1240. The fourth-order valence-corrected chi connectivity index (χ4v) is 5.60. The Kier molecular flexibility index (Phi) is 7.23. The van der Waals surface area contributed by atoms with Crippen molar-refractivity contribution in [1.82, 2.24) is 9.80 Å². The van der Waals surface area contributed by atoms with Crippen molar-refractivity contribution in [2.75, 3.05) is 33.4 Å². The van der Waals surface area contributed by atoms with E-state index in [1.807, 2.05) is 35.7 Å². The average molecular weight is 509 g/mol. The van der Waals surface area contributed by atoms with Gasteiger partial charge in [0.2, 0.25) is 5.91 Å². The fraction of sp³-hybridized carbons (Fsp3) is 0.357. The van der Waals surface area contributed by atoms with Gasteiger partial charge in [0.25, 0.3) is 5.91 Å². The lowest BCUT2D eigenvalue weighted by Crippen LogP contribution is -2.48. The topological polar surface area (TPSA) is 59.1 Å². The first-order valence-corrected chi connectivity index (χ1v) is 13.1. The number of hydrogen-bond acceptors (Lipinski definition) is 5. The molecular formula is C28H29FN2O4S. The Labute approximate surface area is 214 Å². The number of nitrogens with zero attached hydrogens (tertiary/aromatic N) is 2. The summed E-state index contributed by atoms with van der Waals surface area (Å²) in [6.45, 7) is 1.17. The number of carbonyl (C=O) groups is 2. The lowest BCUT2D eigenvalue weighted by atomic mass is 10.00. The predicted octanol–water partition coefficient (Wildman–Crippen LogP) is 4.95. The van der Waals surface area contributed by atoms with Gasteiger partial charge in [-0.1, -0.05) is 24.3 Å². The quantitative estimate of drug-likeness (QED) is 0.410. The standard InChI is InChI=1S/C28H29FN2O4S/c1-34-24-8-4-5-9-25(24)35-18-23-21-13-15-36-26(21)12-14-31(23)27(32)17-30(16-19-10-11-19)28(33)20-6-2-3-7-22(20)29/h2-9,13,15,19,23H,10-12,14,16-18H2,1H3/t23-/m1/s1. The van der Waals surface area contributed by atoms with Gasteiger partial charge in [-0.05, 0) is 66.5 Å². The van der Waals surface area contributed by atoms with Crippen molar-refractivity contribution >= 4 is 23.2 Å². The van der Waals surface area contributed by atoms with Crippen LogP contribution in [0.4, 0.5) is 4.39 Å². The first-order valence-electron chi connectivity index (χ1n) is 12.2. The van der Waals surface area contributed by atoms with Gasteiger partial charge >= 0.3 is 0 Å². The summed E-state index contributed by atoms with van der Waals surface area (Å²) in [6.07, 6.45) is 2.80. The van der Waals surface area contributed by atoms with Gasteiger partial charge in [-0.15, -0.1) is 11.3 Å². The summed E-state index contributed by atoms with van der Waals surface area (Å²) >= 11 is 1.68. The summed E-state index contributed by atoms with van der Waals surface area (Å²) in [5, 5.41) is 2.04. The van der Waals surface area contributed by atoms with Crippen molar-refractivity contribution in [2.24, 2.45) is 5.92 Å². The summed E-state index contributed by atoms with van der Waals surface area (Å²) in [5.74, 6) is 0.430. The smallest absolute Gasteiger partial charge is 0.257 e. The maximum atomic E-state index is 14.4. The number of rotatable bonds is 9. The van der Waals surface area contributed by atoms with Crippen LogP contribution in [0.1, 0.15) is 39.7 Å². The molecule has 1 atom stereocenters. The van der Waals surface area contributed by atoms with Gasteiger partial charge in [0.15, 0.2) is 11.5 Å². The second-order valence-electron chi connectivity index (χ2n) is 9.22. The van der Waals surface area contributed by atoms with Crippen molar-refractivity contribution in [3.8, 4) is 11.5 Å². The van der Waals surface area contributed by atoms with E-state index >= 15 is 0 Å². The summed E-state index contributed by atoms with van der Waals surface area (Å²) in [7, 11) is 1.59. The number of ether oxygens (including phenoxy) is 2. The highest BCUT2D eigenvalue weighted by Crippen LogP contribution is 2.36. The zero-order chi connectivity index (χ0) is 25.1. The molecule has 0 unspecified atom stereocenters. The number of benzene rings is 2. The molecule has 0 spiro atoms. The highest BCUT2D eigenvalue weighted by Gasteiger charge is 2.35. The molecule has 2 heterocycles. The Morgan fingerprint density at radius 2 is 1.83 bits per heavy atom. The molecule has 0 radical (unpaired) electrons. The second kappa shape index (κ2) is 10.7. The van der Waals surface area contributed by atoms with Crippen molar-refractivity contribution in [1.29, 1.82) is 0 Å². The normalized spacial score (nSPS) is 16.8. The van der Waals surface area contributed by atoms with E-state index in [0.717, 1.165) is 24.8 Å². The van der Waals surface area contributed by atoms with Crippen LogP contribution in [-0.2, 0) is 11.2 Å². The minimum atomic E-state index is -0.570. The molecule has 0 saturated heterocycles. The van der Waals surface area contributed by atoms with Crippen LogP contribution in [0.5, 0.6) is 11.5 Å². The first kappa shape index (κ1) is 24.3. The maximum absolute atomic E-state index is 14.4. The van der Waals surface area contributed by atoms with Crippen LogP contribution in [-0.4, -0.2) is 55.0 Å². The van der Waals surface area contributed by atoms with E-state index in [9.17, 15) is 14.0 Å². The number of fused-ring (bicyclic) bond motifs is 1. The van der Waals surface area contributed by atoms with Gasteiger partial charge < -0.3 is 19.3 Å². The molecule has 8 heteroatoms. The van der Waals surface area contributed by atoms with Crippen LogP contribution in [0.25, 0.3) is 0 Å². The maximum Gasteiger partial charge on any atom is 0.257 e. The third-order valence-corrected chi connectivity index (χ3v) is 7.77. The molecule has 1 aromatic heterocycles. The summed E-state index contributed by atoms with van der Waals surface area (Å²) in [6, 6.07) is 15.1. The monoisotopic (exact) mass is 508 g/mol. The van der Waals surface area contributed by atoms with Gasteiger partial charge in [-0.2, -0.15) is 0 Å². The van der Waals surface area contributed by atoms with Gasteiger partial charge in [0.05, 0.1) is 18.7 Å². The zero-order valence-electron chi connectivity index (χ0n) is 20.2. The molecule has 36 heavy (non-hydrogen) atoms. The van der Waals surface area contributed by atoms with E-state index in [0.29, 0.717) is 30.5 Å². The number of halogens is 1. The summed E-state index contributed by atoms with van der Waals surface area (Å²) in [5.41, 5.74) is 1.07. The number of methoxy groups -OCH3 is 1. The molecule has 1 saturated carbocycles. The number of carbonyl (C=O) groups excluding carboxylic acids is 2. The fourth-order valence-electron chi connectivity index (χ4n) is 4.67. The van der Waals surface area contributed by atoms with Crippen LogP contribution in [0.15, 0.2) is 60.0 Å². The zero-order valence-corrected chi connectivity index (χ0v) is 21.0. The Balaban J connectivity index is 1.36. The lowest BCUT2D eigenvalue weighted by molar-refractivity contribution is -0.135. The molecule has 2 aromatic carbocycles. The molecule has 6 nitrogen and oxygen atoms in total. The third-order valence-electron chi connectivity index (χ3n) is 6.77. The Morgan fingerprint density at radius 3 is 2.58 bits per heavy atom. The largest absolute Gasteiger partial charge is 0.493 e. The second-order valence-corrected chi connectivity index (χ2v) is 10.2.